The second kappa shape index (κ2) is 7.23. The zero-order valence-electron chi connectivity index (χ0n) is 12.1. The van der Waals surface area contributed by atoms with Crippen molar-refractivity contribution in [2.24, 2.45) is 5.92 Å². The zero-order valence-corrected chi connectivity index (χ0v) is 13.7. The maximum Gasteiger partial charge on any atom is 0.337 e. The standard InChI is InChI=1S/C16H22BrNO2/c1-11(12-5-3-4-6-12)18-10-14-8-7-13(9-15(14)17)16(19)20-2/h7-9,11-12,18H,3-6,10H2,1-2H3. The first kappa shape index (κ1) is 15.5. The first-order valence-corrected chi connectivity index (χ1v) is 8.01. The van der Waals surface area contributed by atoms with Crippen molar-refractivity contribution >= 4 is 21.9 Å². The van der Waals surface area contributed by atoms with Crippen molar-refractivity contribution in [1.29, 1.82) is 0 Å². The van der Waals surface area contributed by atoms with E-state index in [9.17, 15) is 4.79 Å². The quantitative estimate of drug-likeness (QED) is 0.826. The van der Waals surface area contributed by atoms with Gasteiger partial charge in [-0.25, -0.2) is 4.79 Å². The smallest absolute Gasteiger partial charge is 0.337 e. The highest BCUT2D eigenvalue weighted by atomic mass is 79.9. The summed E-state index contributed by atoms with van der Waals surface area (Å²) in [6.07, 6.45) is 5.43. The number of halogens is 1. The molecular formula is C16H22BrNO2. The van der Waals surface area contributed by atoms with E-state index in [1.807, 2.05) is 18.2 Å². The average molecular weight is 340 g/mol. The van der Waals surface area contributed by atoms with Crippen molar-refractivity contribution in [2.75, 3.05) is 7.11 Å². The van der Waals surface area contributed by atoms with Gasteiger partial charge in [-0.3, -0.25) is 0 Å². The molecule has 0 radical (unpaired) electrons. The third-order valence-corrected chi connectivity index (χ3v) is 4.93. The Hall–Kier alpha value is -0.870. The van der Waals surface area contributed by atoms with Crippen molar-refractivity contribution in [3.8, 4) is 0 Å². The summed E-state index contributed by atoms with van der Waals surface area (Å²) in [4.78, 5) is 11.5. The van der Waals surface area contributed by atoms with Gasteiger partial charge in [-0.1, -0.05) is 34.8 Å². The van der Waals surface area contributed by atoms with Crippen LogP contribution in [0.4, 0.5) is 0 Å². The molecule has 110 valence electrons. The van der Waals surface area contributed by atoms with Crippen molar-refractivity contribution < 1.29 is 9.53 Å². The van der Waals surface area contributed by atoms with Gasteiger partial charge in [0.25, 0.3) is 0 Å². The highest BCUT2D eigenvalue weighted by molar-refractivity contribution is 9.10. The summed E-state index contributed by atoms with van der Waals surface area (Å²) in [6, 6.07) is 6.16. The number of rotatable bonds is 5. The molecule has 1 saturated carbocycles. The minimum absolute atomic E-state index is 0.301. The Bertz CT molecular complexity index is 470. The van der Waals surface area contributed by atoms with Crippen LogP contribution in [-0.4, -0.2) is 19.1 Å². The van der Waals surface area contributed by atoms with Gasteiger partial charge in [-0.05, 0) is 43.4 Å². The van der Waals surface area contributed by atoms with E-state index in [0.29, 0.717) is 11.6 Å². The van der Waals surface area contributed by atoms with Crippen LogP contribution in [0.5, 0.6) is 0 Å². The summed E-state index contributed by atoms with van der Waals surface area (Å²) >= 11 is 3.53. The first-order valence-electron chi connectivity index (χ1n) is 7.22. The maximum atomic E-state index is 11.5. The highest BCUT2D eigenvalue weighted by Crippen LogP contribution is 2.28. The van der Waals surface area contributed by atoms with Crippen LogP contribution in [0.1, 0.15) is 48.5 Å². The number of hydrogen-bond donors (Lipinski definition) is 1. The van der Waals surface area contributed by atoms with E-state index in [1.54, 1.807) is 0 Å². The SMILES string of the molecule is COC(=O)c1ccc(CNC(C)C2CCCC2)c(Br)c1. The molecule has 2 rings (SSSR count). The third kappa shape index (κ3) is 3.83. The van der Waals surface area contributed by atoms with Gasteiger partial charge >= 0.3 is 5.97 Å². The van der Waals surface area contributed by atoms with E-state index in [2.05, 4.69) is 28.2 Å². The Morgan fingerprint density at radius 2 is 2.15 bits per heavy atom. The molecule has 0 aliphatic heterocycles. The van der Waals surface area contributed by atoms with E-state index in [0.717, 1.165) is 16.9 Å². The number of carbonyl (C=O) groups excluding carboxylic acids is 1. The Morgan fingerprint density at radius 1 is 1.45 bits per heavy atom. The van der Waals surface area contributed by atoms with Crippen LogP contribution in [0.25, 0.3) is 0 Å². The first-order chi connectivity index (χ1) is 9.61. The van der Waals surface area contributed by atoms with Crippen molar-refractivity contribution in [1.82, 2.24) is 5.32 Å². The van der Waals surface area contributed by atoms with Gasteiger partial charge in [0.2, 0.25) is 0 Å². The predicted octanol–water partition coefficient (Wildman–Crippen LogP) is 3.90. The summed E-state index contributed by atoms with van der Waals surface area (Å²) in [5.74, 6) is 0.507. The molecule has 0 aromatic heterocycles. The number of methoxy groups -OCH3 is 1. The fraction of sp³-hybridized carbons (Fsp3) is 0.562. The molecule has 1 aliphatic carbocycles. The van der Waals surface area contributed by atoms with Crippen LogP contribution in [0.2, 0.25) is 0 Å². The molecule has 0 heterocycles. The summed E-state index contributed by atoms with van der Waals surface area (Å²) < 4.78 is 5.67. The Labute approximate surface area is 129 Å². The number of nitrogens with one attached hydrogen (secondary N) is 1. The molecule has 3 nitrogen and oxygen atoms in total. The highest BCUT2D eigenvalue weighted by Gasteiger charge is 2.21. The minimum Gasteiger partial charge on any atom is -0.465 e. The molecule has 1 atom stereocenters. The molecule has 20 heavy (non-hydrogen) atoms. The molecule has 0 spiro atoms. The van der Waals surface area contributed by atoms with Crippen LogP contribution < -0.4 is 5.32 Å². The fourth-order valence-corrected chi connectivity index (χ4v) is 3.35. The van der Waals surface area contributed by atoms with Crippen molar-refractivity contribution in [3.63, 3.8) is 0 Å². The molecule has 1 aromatic carbocycles. The molecule has 1 aromatic rings. The van der Waals surface area contributed by atoms with Gasteiger partial charge in [-0.15, -0.1) is 0 Å². The summed E-state index contributed by atoms with van der Waals surface area (Å²) in [5.41, 5.74) is 1.74. The monoisotopic (exact) mass is 339 g/mol. The molecule has 1 aliphatic rings. The lowest BCUT2D eigenvalue weighted by Crippen LogP contribution is -2.31. The molecule has 0 bridgehead atoms. The van der Waals surface area contributed by atoms with E-state index < -0.39 is 0 Å². The van der Waals surface area contributed by atoms with E-state index >= 15 is 0 Å². The van der Waals surface area contributed by atoms with Crippen LogP contribution in [-0.2, 0) is 11.3 Å². The number of ether oxygens (including phenoxy) is 1. The molecular weight excluding hydrogens is 318 g/mol. The predicted molar refractivity (Wildman–Crippen MR) is 83.7 cm³/mol. The van der Waals surface area contributed by atoms with Crippen LogP contribution >= 0.6 is 15.9 Å². The van der Waals surface area contributed by atoms with Gasteiger partial charge in [0.1, 0.15) is 0 Å². The second-order valence-corrected chi connectivity index (χ2v) is 6.37. The maximum absolute atomic E-state index is 11.5. The number of carbonyl (C=O) groups is 1. The second-order valence-electron chi connectivity index (χ2n) is 5.51. The number of benzene rings is 1. The lowest BCUT2D eigenvalue weighted by atomic mass is 9.99. The van der Waals surface area contributed by atoms with Crippen LogP contribution in [0.3, 0.4) is 0 Å². The average Bonchev–Trinajstić information content (AvgIpc) is 2.99. The molecule has 1 unspecified atom stereocenters. The van der Waals surface area contributed by atoms with E-state index in [-0.39, 0.29) is 5.97 Å². The molecule has 0 amide bonds. The zero-order chi connectivity index (χ0) is 14.5. The summed E-state index contributed by atoms with van der Waals surface area (Å²) in [6.45, 7) is 3.09. The van der Waals surface area contributed by atoms with Crippen molar-refractivity contribution in [3.05, 3.63) is 33.8 Å². The Balaban J connectivity index is 1.94. The molecule has 4 heteroatoms. The Kier molecular flexibility index (Phi) is 5.61. The lowest BCUT2D eigenvalue weighted by Gasteiger charge is -2.20. The molecule has 1 fully saturated rings. The number of esters is 1. The van der Waals surface area contributed by atoms with Gasteiger partial charge < -0.3 is 10.1 Å². The molecule has 0 saturated heterocycles. The van der Waals surface area contributed by atoms with Gasteiger partial charge in [0.15, 0.2) is 0 Å². The van der Waals surface area contributed by atoms with E-state index in [1.165, 1.54) is 38.4 Å². The minimum atomic E-state index is -0.301. The number of hydrogen-bond acceptors (Lipinski definition) is 3. The summed E-state index contributed by atoms with van der Waals surface area (Å²) in [5, 5.41) is 3.60. The Morgan fingerprint density at radius 3 is 2.75 bits per heavy atom. The topological polar surface area (TPSA) is 38.3 Å². The third-order valence-electron chi connectivity index (χ3n) is 4.20. The fourth-order valence-electron chi connectivity index (χ4n) is 2.83. The van der Waals surface area contributed by atoms with Gasteiger partial charge in [-0.2, -0.15) is 0 Å². The van der Waals surface area contributed by atoms with Crippen LogP contribution in [0.15, 0.2) is 22.7 Å². The summed E-state index contributed by atoms with van der Waals surface area (Å²) in [7, 11) is 1.40. The van der Waals surface area contributed by atoms with E-state index in [4.69, 9.17) is 4.74 Å². The van der Waals surface area contributed by atoms with Crippen molar-refractivity contribution in [2.45, 2.75) is 45.2 Å². The largest absolute Gasteiger partial charge is 0.465 e. The van der Waals surface area contributed by atoms with Gasteiger partial charge in [0.05, 0.1) is 12.7 Å². The van der Waals surface area contributed by atoms with Crippen LogP contribution in [0, 0.1) is 5.92 Å². The van der Waals surface area contributed by atoms with Gasteiger partial charge in [0, 0.05) is 17.1 Å². The molecule has 1 N–H and O–H groups in total. The lowest BCUT2D eigenvalue weighted by molar-refractivity contribution is 0.0600. The normalized spacial score (nSPS) is 17.1.